The van der Waals surface area contributed by atoms with Crippen LogP contribution < -0.4 is 0 Å². The molecule has 1 aromatic rings. The Kier molecular flexibility index (Phi) is 6.51. The molecule has 0 unspecified atom stereocenters. The molecule has 0 aliphatic rings. The first-order chi connectivity index (χ1) is 8.56. The largest absolute Gasteiger partial charge is 0.342 e. The molecule has 100 valence electrons. The maximum absolute atomic E-state index is 12.2. The lowest BCUT2D eigenvalue weighted by Crippen LogP contribution is -2.28. The summed E-state index contributed by atoms with van der Waals surface area (Å²) in [7, 11) is 1.80. The van der Waals surface area contributed by atoms with E-state index in [0.29, 0.717) is 16.5 Å². The van der Waals surface area contributed by atoms with Gasteiger partial charge >= 0.3 is 0 Å². The number of nitrogens with zero attached hydrogens (tertiary/aromatic N) is 1. The van der Waals surface area contributed by atoms with Gasteiger partial charge in [0.25, 0.3) is 5.91 Å². The van der Waals surface area contributed by atoms with Gasteiger partial charge in [-0.25, -0.2) is 0 Å². The summed E-state index contributed by atoms with van der Waals surface area (Å²) in [6.07, 6.45) is 3.01. The second kappa shape index (κ2) is 7.65. The minimum atomic E-state index is -0.0223. The summed E-state index contributed by atoms with van der Waals surface area (Å²) in [6.45, 7) is 2.69. The van der Waals surface area contributed by atoms with Crippen LogP contribution in [0.3, 0.4) is 0 Å². The molecule has 0 atom stereocenters. The molecule has 0 aromatic heterocycles. The zero-order valence-electron chi connectivity index (χ0n) is 10.9. The molecule has 0 spiro atoms. The highest BCUT2D eigenvalue weighted by molar-refractivity contribution is 6.33. The predicted octanol–water partition coefficient (Wildman–Crippen LogP) is 4.13. The average molecular weight is 288 g/mol. The number of amides is 1. The number of alkyl halides is 1. The monoisotopic (exact) mass is 287 g/mol. The van der Waals surface area contributed by atoms with Gasteiger partial charge in [0.1, 0.15) is 0 Å². The molecular formula is C14H19Cl2NO. The molecule has 1 aromatic carbocycles. The lowest BCUT2D eigenvalue weighted by Gasteiger charge is -2.18. The molecular weight excluding hydrogens is 269 g/mol. The third-order valence-electron chi connectivity index (χ3n) is 2.83. The number of benzene rings is 1. The maximum atomic E-state index is 12.2. The number of hydrogen-bond acceptors (Lipinski definition) is 1. The van der Waals surface area contributed by atoms with Gasteiger partial charge in [0.2, 0.25) is 0 Å². The number of hydrogen-bond donors (Lipinski definition) is 0. The highest BCUT2D eigenvalue weighted by atomic mass is 35.5. The third kappa shape index (κ3) is 4.51. The molecule has 0 aliphatic carbocycles. The van der Waals surface area contributed by atoms with Gasteiger partial charge in [-0.2, -0.15) is 0 Å². The van der Waals surface area contributed by atoms with E-state index in [0.717, 1.165) is 31.4 Å². The fraction of sp³-hybridized carbons (Fsp3) is 0.500. The molecule has 0 radical (unpaired) electrons. The first-order valence-corrected chi connectivity index (χ1v) is 7.05. The number of aryl methyl sites for hydroxylation is 1. The van der Waals surface area contributed by atoms with E-state index in [1.54, 1.807) is 18.0 Å². The van der Waals surface area contributed by atoms with Crippen molar-refractivity contribution in [3.05, 3.63) is 34.3 Å². The van der Waals surface area contributed by atoms with Gasteiger partial charge < -0.3 is 4.90 Å². The van der Waals surface area contributed by atoms with Crippen LogP contribution in [0, 0.1) is 6.92 Å². The summed E-state index contributed by atoms with van der Waals surface area (Å²) in [5.41, 5.74) is 1.63. The van der Waals surface area contributed by atoms with Crippen molar-refractivity contribution < 1.29 is 4.79 Å². The third-order valence-corrected chi connectivity index (χ3v) is 3.41. The van der Waals surface area contributed by atoms with Crippen molar-refractivity contribution in [1.29, 1.82) is 0 Å². The zero-order chi connectivity index (χ0) is 13.5. The quantitative estimate of drug-likeness (QED) is 0.569. The number of halogens is 2. The first kappa shape index (κ1) is 15.3. The standard InChI is InChI=1S/C14H19Cl2NO/c1-11-6-7-12(13(16)10-11)14(18)17(2)9-5-3-4-8-15/h6-7,10H,3-5,8-9H2,1-2H3. The minimum absolute atomic E-state index is 0.0223. The molecule has 1 amide bonds. The lowest BCUT2D eigenvalue weighted by molar-refractivity contribution is 0.0793. The maximum Gasteiger partial charge on any atom is 0.255 e. The first-order valence-electron chi connectivity index (χ1n) is 6.14. The van der Waals surface area contributed by atoms with Crippen LogP contribution >= 0.6 is 23.2 Å². The van der Waals surface area contributed by atoms with Crippen molar-refractivity contribution >= 4 is 29.1 Å². The minimum Gasteiger partial charge on any atom is -0.342 e. The van der Waals surface area contributed by atoms with E-state index in [9.17, 15) is 4.79 Å². The summed E-state index contributed by atoms with van der Waals surface area (Å²) < 4.78 is 0. The molecule has 2 nitrogen and oxygen atoms in total. The Labute approximate surface area is 119 Å². The highest BCUT2D eigenvalue weighted by Crippen LogP contribution is 2.19. The van der Waals surface area contributed by atoms with Crippen molar-refractivity contribution in [3.63, 3.8) is 0 Å². The van der Waals surface area contributed by atoms with Gasteiger partial charge in [0, 0.05) is 19.5 Å². The van der Waals surface area contributed by atoms with E-state index in [1.165, 1.54) is 0 Å². The number of carbonyl (C=O) groups excluding carboxylic acids is 1. The molecule has 0 bridgehead atoms. The topological polar surface area (TPSA) is 20.3 Å². The summed E-state index contributed by atoms with van der Waals surface area (Å²) in [5, 5.41) is 0.521. The van der Waals surface area contributed by atoms with Crippen molar-refractivity contribution in [1.82, 2.24) is 4.90 Å². The second-order valence-corrected chi connectivity index (χ2v) is 5.24. The fourth-order valence-electron chi connectivity index (χ4n) is 1.72. The van der Waals surface area contributed by atoms with Crippen molar-refractivity contribution in [2.24, 2.45) is 0 Å². The van der Waals surface area contributed by atoms with E-state index < -0.39 is 0 Å². The Morgan fingerprint density at radius 2 is 2.00 bits per heavy atom. The average Bonchev–Trinajstić information content (AvgIpc) is 2.33. The van der Waals surface area contributed by atoms with Crippen LogP contribution in [-0.2, 0) is 0 Å². The van der Waals surface area contributed by atoms with Crippen LogP contribution in [0.15, 0.2) is 18.2 Å². The van der Waals surface area contributed by atoms with Crippen LogP contribution in [0.5, 0.6) is 0 Å². The Bertz CT molecular complexity index is 407. The molecule has 0 saturated heterocycles. The molecule has 0 heterocycles. The van der Waals surface area contributed by atoms with Crippen LogP contribution in [0.1, 0.15) is 35.2 Å². The summed E-state index contributed by atoms with van der Waals surface area (Å²) in [6, 6.07) is 5.51. The summed E-state index contributed by atoms with van der Waals surface area (Å²) >= 11 is 11.7. The second-order valence-electron chi connectivity index (χ2n) is 4.46. The normalized spacial score (nSPS) is 10.4. The van der Waals surface area contributed by atoms with Gasteiger partial charge in [0.05, 0.1) is 10.6 Å². The van der Waals surface area contributed by atoms with E-state index in [4.69, 9.17) is 23.2 Å². The van der Waals surface area contributed by atoms with E-state index in [2.05, 4.69) is 0 Å². The summed E-state index contributed by atoms with van der Waals surface area (Å²) in [4.78, 5) is 13.9. The smallest absolute Gasteiger partial charge is 0.255 e. The van der Waals surface area contributed by atoms with Gasteiger partial charge in [-0.15, -0.1) is 11.6 Å². The molecule has 1 rings (SSSR count). The predicted molar refractivity (Wildman–Crippen MR) is 77.7 cm³/mol. The van der Waals surface area contributed by atoms with Crippen molar-refractivity contribution in [2.45, 2.75) is 26.2 Å². The molecule has 18 heavy (non-hydrogen) atoms. The Balaban J connectivity index is 2.57. The zero-order valence-corrected chi connectivity index (χ0v) is 12.4. The van der Waals surface area contributed by atoms with Gasteiger partial charge in [-0.1, -0.05) is 24.1 Å². The molecule has 0 fully saturated rings. The molecule has 4 heteroatoms. The van der Waals surface area contributed by atoms with Crippen LogP contribution in [0.2, 0.25) is 5.02 Å². The Morgan fingerprint density at radius 3 is 2.61 bits per heavy atom. The van der Waals surface area contributed by atoms with Crippen molar-refractivity contribution in [2.75, 3.05) is 19.5 Å². The molecule has 0 aliphatic heterocycles. The SMILES string of the molecule is Cc1ccc(C(=O)N(C)CCCCCCl)c(Cl)c1. The van der Waals surface area contributed by atoms with E-state index in [-0.39, 0.29) is 5.91 Å². The summed E-state index contributed by atoms with van der Waals surface area (Å²) in [5.74, 6) is 0.660. The molecule has 0 N–H and O–H groups in total. The van der Waals surface area contributed by atoms with Gasteiger partial charge in [-0.3, -0.25) is 4.79 Å². The van der Waals surface area contributed by atoms with Crippen molar-refractivity contribution in [3.8, 4) is 0 Å². The van der Waals surface area contributed by atoms with Crippen LogP contribution in [0.25, 0.3) is 0 Å². The van der Waals surface area contributed by atoms with Crippen LogP contribution in [-0.4, -0.2) is 30.3 Å². The van der Waals surface area contributed by atoms with E-state index >= 15 is 0 Å². The lowest BCUT2D eigenvalue weighted by atomic mass is 10.1. The van der Waals surface area contributed by atoms with E-state index in [1.807, 2.05) is 19.1 Å². The Hall–Kier alpha value is -0.730. The number of unbranched alkanes of at least 4 members (excludes halogenated alkanes) is 2. The highest BCUT2D eigenvalue weighted by Gasteiger charge is 2.14. The number of rotatable bonds is 6. The number of carbonyl (C=O) groups is 1. The van der Waals surface area contributed by atoms with Gasteiger partial charge in [-0.05, 0) is 37.5 Å². The van der Waals surface area contributed by atoms with Gasteiger partial charge in [0.15, 0.2) is 0 Å². The Morgan fingerprint density at radius 1 is 1.28 bits per heavy atom. The van der Waals surface area contributed by atoms with Crippen LogP contribution in [0.4, 0.5) is 0 Å². The fourth-order valence-corrected chi connectivity index (χ4v) is 2.23. The molecule has 0 saturated carbocycles.